The van der Waals surface area contributed by atoms with Crippen LogP contribution in [0.15, 0.2) is 24.3 Å². The second-order valence-corrected chi connectivity index (χ2v) is 4.82. The molecule has 1 aromatic carbocycles. The Labute approximate surface area is 104 Å². The number of likely N-dealkylation sites (tertiary alicyclic amines) is 1. The Bertz CT molecular complexity index is 380. The lowest BCUT2D eigenvalue weighted by molar-refractivity contribution is 0.172. The Morgan fingerprint density at radius 1 is 1.47 bits per heavy atom. The average Bonchev–Trinajstić information content (AvgIpc) is 2.73. The third-order valence-corrected chi connectivity index (χ3v) is 3.89. The van der Waals surface area contributed by atoms with Crippen molar-refractivity contribution in [2.24, 2.45) is 0 Å². The van der Waals surface area contributed by atoms with E-state index in [0.29, 0.717) is 0 Å². The Kier molecular flexibility index (Phi) is 3.69. The molecule has 1 fully saturated rings. The number of hydrogen-bond acceptors (Lipinski definition) is 3. The van der Waals surface area contributed by atoms with Gasteiger partial charge in [-0.15, -0.1) is 0 Å². The third-order valence-electron chi connectivity index (χ3n) is 3.89. The fourth-order valence-electron chi connectivity index (χ4n) is 2.91. The molecule has 1 saturated heterocycles. The van der Waals surface area contributed by atoms with Crippen molar-refractivity contribution in [1.29, 1.82) is 0 Å². The van der Waals surface area contributed by atoms with Crippen LogP contribution < -0.4 is 10.1 Å². The molecular formula is C14H22N2O. The zero-order chi connectivity index (χ0) is 12.3. The molecule has 3 heteroatoms. The number of benzene rings is 1. The van der Waals surface area contributed by atoms with Crippen LogP contribution in [0.3, 0.4) is 0 Å². The predicted octanol–water partition coefficient (Wildman–Crippen LogP) is 1.84. The van der Waals surface area contributed by atoms with Gasteiger partial charge in [0.05, 0.1) is 12.6 Å². The number of nitrogens with one attached hydrogen (secondary N) is 1. The van der Waals surface area contributed by atoms with Gasteiger partial charge in [-0.3, -0.25) is 4.90 Å². The van der Waals surface area contributed by atoms with Gasteiger partial charge in [0.15, 0.2) is 0 Å². The number of hydrogen-bond donors (Lipinski definition) is 1. The van der Waals surface area contributed by atoms with Crippen molar-refractivity contribution in [2.75, 3.05) is 34.3 Å². The first-order chi connectivity index (χ1) is 8.23. The first-order valence-corrected chi connectivity index (χ1v) is 6.23. The van der Waals surface area contributed by atoms with Crippen molar-refractivity contribution in [3.05, 3.63) is 29.8 Å². The van der Waals surface area contributed by atoms with Crippen molar-refractivity contribution in [3.8, 4) is 5.75 Å². The lowest BCUT2D eigenvalue weighted by Gasteiger charge is -2.37. The number of ether oxygens (including phenoxy) is 1. The largest absolute Gasteiger partial charge is 0.497 e. The highest BCUT2D eigenvalue weighted by Crippen LogP contribution is 2.38. The quantitative estimate of drug-likeness (QED) is 0.860. The standard InChI is InChI=1S/C14H22N2O/c1-15-11-14(8-5-9-16(14)2)12-6-4-7-13(10-12)17-3/h4,6-7,10,15H,5,8-9,11H2,1-3H3. The fraction of sp³-hybridized carbons (Fsp3) is 0.571. The summed E-state index contributed by atoms with van der Waals surface area (Å²) in [7, 11) is 5.96. The van der Waals surface area contributed by atoms with Crippen molar-refractivity contribution in [1.82, 2.24) is 10.2 Å². The van der Waals surface area contributed by atoms with Crippen LogP contribution in [0.4, 0.5) is 0 Å². The van der Waals surface area contributed by atoms with Gasteiger partial charge in [-0.2, -0.15) is 0 Å². The van der Waals surface area contributed by atoms with Crippen molar-refractivity contribution >= 4 is 0 Å². The van der Waals surface area contributed by atoms with Crippen LogP contribution in [-0.2, 0) is 5.54 Å². The highest BCUT2D eigenvalue weighted by Gasteiger charge is 2.39. The van der Waals surface area contributed by atoms with Gasteiger partial charge in [-0.05, 0) is 51.2 Å². The zero-order valence-electron chi connectivity index (χ0n) is 11.0. The normalized spacial score (nSPS) is 25.1. The molecule has 0 spiro atoms. The minimum Gasteiger partial charge on any atom is -0.497 e. The summed E-state index contributed by atoms with van der Waals surface area (Å²) in [5, 5.41) is 3.33. The number of nitrogens with zero attached hydrogens (tertiary/aromatic N) is 1. The zero-order valence-corrected chi connectivity index (χ0v) is 11.0. The molecule has 1 aliphatic heterocycles. The monoisotopic (exact) mass is 234 g/mol. The predicted molar refractivity (Wildman–Crippen MR) is 70.5 cm³/mol. The molecule has 1 unspecified atom stereocenters. The summed E-state index contributed by atoms with van der Waals surface area (Å²) in [6.07, 6.45) is 2.47. The van der Waals surface area contributed by atoms with Crippen LogP contribution in [-0.4, -0.2) is 39.2 Å². The Morgan fingerprint density at radius 2 is 2.29 bits per heavy atom. The van der Waals surface area contributed by atoms with E-state index in [9.17, 15) is 0 Å². The first-order valence-electron chi connectivity index (χ1n) is 6.23. The van der Waals surface area contributed by atoms with E-state index in [0.717, 1.165) is 12.3 Å². The summed E-state index contributed by atoms with van der Waals surface area (Å²) in [4.78, 5) is 2.46. The summed E-state index contributed by atoms with van der Waals surface area (Å²) < 4.78 is 5.33. The van der Waals surface area contributed by atoms with Crippen LogP contribution in [0.5, 0.6) is 5.75 Å². The second kappa shape index (κ2) is 5.07. The van der Waals surface area contributed by atoms with Crippen LogP contribution >= 0.6 is 0 Å². The maximum atomic E-state index is 5.33. The summed E-state index contributed by atoms with van der Waals surface area (Å²) in [5.41, 5.74) is 1.48. The Hall–Kier alpha value is -1.06. The molecule has 1 aromatic rings. The maximum Gasteiger partial charge on any atom is 0.119 e. The molecule has 3 nitrogen and oxygen atoms in total. The molecule has 1 N–H and O–H groups in total. The SMILES string of the molecule is CNCC1(c2cccc(OC)c2)CCCN1C. The van der Waals surface area contributed by atoms with Crippen molar-refractivity contribution < 1.29 is 4.74 Å². The molecule has 0 aliphatic carbocycles. The van der Waals surface area contributed by atoms with E-state index >= 15 is 0 Å². The lowest BCUT2D eigenvalue weighted by Crippen LogP contribution is -2.45. The highest BCUT2D eigenvalue weighted by molar-refractivity contribution is 5.34. The molecule has 2 rings (SSSR count). The van der Waals surface area contributed by atoms with Crippen molar-refractivity contribution in [3.63, 3.8) is 0 Å². The summed E-state index contributed by atoms with van der Waals surface area (Å²) in [6.45, 7) is 2.15. The molecule has 1 atom stereocenters. The fourth-order valence-corrected chi connectivity index (χ4v) is 2.91. The molecule has 1 heterocycles. The van der Waals surface area contributed by atoms with E-state index in [1.165, 1.54) is 24.9 Å². The smallest absolute Gasteiger partial charge is 0.119 e. The van der Waals surface area contributed by atoms with E-state index in [4.69, 9.17) is 4.74 Å². The van der Waals surface area contributed by atoms with Crippen LogP contribution in [0.2, 0.25) is 0 Å². The third kappa shape index (κ3) is 2.17. The van der Waals surface area contributed by atoms with E-state index in [1.54, 1.807) is 7.11 Å². The van der Waals surface area contributed by atoms with Crippen LogP contribution in [0.25, 0.3) is 0 Å². The number of methoxy groups -OCH3 is 1. The Morgan fingerprint density at radius 3 is 2.88 bits per heavy atom. The first kappa shape index (κ1) is 12.4. The van der Waals surface area contributed by atoms with Gasteiger partial charge in [0, 0.05) is 6.54 Å². The van der Waals surface area contributed by atoms with Gasteiger partial charge in [0.1, 0.15) is 5.75 Å². The van der Waals surface area contributed by atoms with Crippen LogP contribution in [0, 0.1) is 0 Å². The molecule has 17 heavy (non-hydrogen) atoms. The molecule has 94 valence electrons. The molecular weight excluding hydrogens is 212 g/mol. The molecule has 0 radical (unpaired) electrons. The summed E-state index contributed by atoms with van der Waals surface area (Å²) in [6, 6.07) is 8.46. The van der Waals surface area contributed by atoms with Gasteiger partial charge in [-0.25, -0.2) is 0 Å². The van der Waals surface area contributed by atoms with Crippen molar-refractivity contribution in [2.45, 2.75) is 18.4 Å². The topological polar surface area (TPSA) is 24.5 Å². The van der Waals surface area contributed by atoms with Gasteiger partial charge in [-0.1, -0.05) is 12.1 Å². The highest BCUT2D eigenvalue weighted by atomic mass is 16.5. The van der Waals surface area contributed by atoms with Gasteiger partial charge in [0.25, 0.3) is 0 Å². The minimum atomic E-state index is 0.128. The minimum absolute atomic E-state index is 0.128. The molecule has 0 amide bonds. The number of rotatable bonds is 4. The van der Waals surface area contributed by atoms with E-state index in [1.807, 2.05) is 13.1 Å². The van der Waals surface area contributed by atoms with E-state index in [2.05, 4.69) is 35.5 Å². The maximum absolute atomic E-state index is 5.33. The lowest BCUT2D eigenvalue weighted by atomic mass is 9.87. The van der Waals surface area contributed by atoms with Gasteiger partial charge >= 0.3 is 0 Å². The molecule has 0 aromatic heterocycles. The van der Waals surface area contributed by atoms with Gasteiger partial charge in [0.2, 0.25) is 0 Å². The van der Waals surface area contributed by atoms with E-state index in [-0.39, 0.29) is 5.54 Å². The second-order valence-electron chi connectivity index (χ2n) is 4.82. The van der Waals surface area contributed by atoms with Gasteiger partial charge < -0.3 is 10.1 Å². The average molecular weight is 234 g/mol. The molecule has 1 aliphatic rings. The molecule has 0 saturated carbocycles. The Balaban J connectivity index is 2.38. The van der Waals surface area contributed by atoms with Crippen LogP contribution in [0.1, 0.15) is 18.4 Å². The summed E-state index contributed by atoms with van der Waals surface area (Å²) in [5.74, 6) is 0.943. The number of likely N-dealkylation sites (N-methyl/N-ethyl adjacent to an activating group) is 2. The molecule has 0 bridgehead atoms. The van der Waals surface area contributed by atoms with E-state index < -0.39 is 0 Å². The summed E-state index contributed by atoms with van der Waals surface area (Å²) >= 11 is 0.